The van der Waals surface area contributed by atoms with E-state index in [1.807, 2.05) is 29.1 Å². The monoisotopic (exact) mass is 288 g/mol. The van der Waals surface area contributed by atoms with Gasteiger partial charge < -0.3 is 0 Å². The van der Waals surface area contributed by atoms with E-state index in [2.05, 4.69) is 31.0 Å². The largest absolute Gasteiger partial charge is 0.264 e. The van der Waals surface area contributed by atoms with Gasteiger partial charge in [0.05, 0.1) is 18.3 Å². The second-order valence-electron chi connectivity index (χ2n) is 3.72. The van der Waals surface area contributed by atoms with Crippen molar-refractivity contribution in [2.45, 2.75) is 6.54 Å². The molecule has 3 rings (SSSR count). The molecule has 17 heavy (non-hydrogen) atoms. The molecule has 0 fully saturated rings. The zero-order valence-electron chi connectivity index (χ0n) is 8.92. The molecule has 0 unspecified atom stereocenters. The minimum Gasteiger partial charge on any atom is -0.264 e. The molecule has 0 bridgehead atoms. The Balaban J connectivity index is 2.03. The summed E-state index contributed by atoms with van der Waals surface area (Å²) in [5.41, 5.74) is 3.04. The van der Waals surface area contributed by atoms with Gasteiger partial charge >= 0.3 is 0 Å². The molecular weight excluding hydrogens is 280 g/mol. The minimum atomic E-state index is 0.704. The summed E-state index contributed by atoms with van der Waals surface area (Å²) in [4.78, 5) is 8.39. The predicted molar refractivity (Wildman–Crippen MR) is 68.6 cm³/mol. The van der Waals surface area contributed by atoms with Crippen molar-refractivity contribution in [2.24, 2.45) is 0 Å². The Hall–Kier alpha value is -1.75. The SMILES string of the molecule is Brc1cnc2cnn(Cc3cccnc3)c2c1. The summed E-state index contributed by atoms with van der Waals surface area (Å²) in [6, 6.07) is 5.98. The molecule has 84 valence electrons. The maximum absolute atomic E-state index is 4.34. The second-order valence-corrected chi connectivity index (χ2v) is 4.64. The number of nitrogens with zero attached hydrogens (tertiary/aromatic N) is 4. The van der Waals surface area contributed by atoms with Crippen LogP contribution in [-0.4, -0.2) is 19.7 Å². The first kappa shape index (κ1) is 10.4. The van der Waals surface area contributed by atoms with E-state index in [-0.39, 0.29) is 0 Å². The van der Waals surface area contributed by atoms with Gasteiger partial charge in [-0.1, -0.05) is 6.07 Å². The fraction of sp³-hybridized carbons (Fsp3) is 0.0833. The quantitative estimate of drug-likeness (QED) is 0.728. The van der Waals surface area contributed by atoms with E-state index >= 15 is 0 Å². The molecule has 4 nitrogen and oxygen atoms in total. The van der Waals surface area contributed by atoms with Gasteiger partial charge in [-0.15, -0.1) is 0 Å². The number of rotatable bonds is 2. The average Bonchev–Trinajstić information content (AvgIpc) is 2.73. The third-order valence-corrected chi connectivity index (χ3v) is 2.95. The van der Waals surface area contributed by atoms with Crippen molar-refractivity contribution >= 4 is 27.0 Å². The van der Waals surface area contributed by atoms with Crippen LogP contribution in [0, 0.1) is 0 Å². The van der Waals surface area contributed by atoms with Crippen LogP contribution < -0.4 is 0 Å². The van der Waals surface area contributed by atoms with Gasteiger partial charge in [-0.3, -0.25) is 14.6 Å². The normalized spacial score (nSPS) is 10.9. The summed E-state index contributed by atoms with van der Waals surface area (Å²) in [6.07, 6.45) is 7.17. The molecule has 0 aliphatic rings. The van der Waals surface area contributed by atoms with E-state index in [1.165, 1.54) is 0 Å². The maximum Gasteiger partial charge on any atom is 0.108 e. The zero-order chi connectivity index (χ0) is 11.7. The molecule has 0 aliphatic carbocycles. The van der Waals surface area contributed by atoms with Crippen LogP contribution >= 0.6 is 15.9 Å². The molecule has 3 heterocycles. The lowest BCUT2D eigenvalue weighted by atomic mass is 10.3. The topological polar surface area (TPSA) is 43.6 Å². The molecule has 5 heteroatoms. The van der Waals surface area contributed by atoms with E-state index in [0.717, 1.165) is 21.1 Å². The van der Waals surface area contributed by atoms with E-state index in [9.17, 15) is 0 Å². The average molecular weight is 289 g/mol. The predicted octanol–water partition coefficient (Wildman–Crippen LogP) is 2.64. The van der Waals surface area contributed by atoms with Crippen molar-refractivity contribution < 1.29 is 0 Å². The smallest absolute Gasteiger partial charge is 0.108 e. The summed E-state index contributed by atoms with van der Waals surface area (Å²) in [7, 11) is 0. The van der Waals surface area contributed by atoms with Gasteiger partial charge in [0, 0.05) is 23.1 Å². The van der Waals surface area contributed by atoms with Gasteiger partial charge in [0.2, 0.25) is 0 Å². The molecule has 3 aromatic rings. The number of pyridine rings is 2. The Kier molecular flexibility index (Phi) is 2.60. The molecule has 0 radical (unpaired) electrons. The van der Waals surface area contributed by atoms with E-state index < -0.39 is 0 Å². The van der Waals surface area contributed by atoms with Crippen molar-refractivity contribution in [3.63, 3.8) is 0 Å². The Bertz CT molecular complexity index is 648. The summed E-state index contributed by atoms with van der Waals surface area (Å²) in [6.45, 7) is 0.704. The number of aromatic nitrogens is 4. The molecule has 3 aromatic heterocycles. The van der Waals surface area contributed by atoms with Crippen molar-refractivity contribution in [1.29, 1.82) is 0 Å². The first-order valence-corrected chi connectivity index (χ1v) is 5.98. The van der Waals surface area contributed by atoms with Gasteiger partial charge in [0.25, 0.3) is 0 Å². The van der Waals surface area contributed by atoms with Crippen LogP contribution in [0.25, 0.3) is 11.0 Å². The lowest BCUT2D eigenvalue weighted by Gasteiger charge is -2.03. The Morgan fingerprint density at radius 2 is 2.18 bits per heavy atom. The molecule has 0 saturated carbocycles. The summed E-state index contributed by atoms with van der Waals surface area (Å²) >= 11 is 3.42. The second kappa shape index (κ2) is 4.25. The zero-order valence-corrected chi connectivity index (χ0v) is 10.5. The molecule has 0 N–H and O–H groups in total. The number of fused-ring (bicyclic) bond motifs is 1. The van der Waals surface area contributed by atoms with Crippen LogP contribution in [0.1, 0.15) is 5.56 Å². The van der Waals surface area contributed by atoms with Crippen LogP contribution in [0.2, 0.25) is 0 Å². The van der Waals surface area contributed by atoms with Crippen molar-refractivity contribution in [3.05, 3.63) is 53.0 Å². The first-order valence-electron chi connectivity index (χ1n) is 5.19. The lowest BCUT2D eigenvalue weighted by molar-refractivity contribution is 0.709. The minimum absolute atomic E-state index is 0.704. The third kappa shape index (κ3) is 2.06. The lowest BCUT2D eigenvalue weighted by Crippen LogP contribution is -2.01. The van der Waals surface area contributed by atoms with Crippen molar-refractivity contribution in [2.75, 3.05) is 0 Å². The van der Waals surface area contributed by atoms with Gasteiger partial charge in [-0.2, -0.15) is 5.10 Å². The Morgan fingerprint density at radius 3 is 3.00 bits per heavy atom. The van der Waals surface area contributed by atoms with Gasteiger partial charge in [-0.05, 0) is 33.6 Å². The fourth-order valence-electron chi connectivity index (χ4n) is 1.72. The van der Waals surface area contributed by atoms with Crippen molar-refractivity contribution in [1.82, 2.24) is 19.7 Å². The highest BCUT2D eigenvalue weighted by atomic mass is 79.9. The van der Waals surface area contributed by atoms with Gasteiger partial charge in [-0.25, -0.2) is 0 Å². The molecular formula is C12H9BrN4. The molecule has 0 saturated heterocycles. The highest BCUT2D eigenvalue weighted by Gasteiger charge is 2.04. The molecule has 0 aromatic carbocycles. The van der Waals surface area contributed by atoms with Gasteiger partial charge in [0.15, 0.2) is 0 Å². The van der Waals surface area contributed by atoms with Crippen LogP contribution in [-0.2, 0) is 6.54 Å². The van der Waals surface area contributed by atoms with E-state index in [1.54, 1.807) is 18.6 Å². The Morgan fingerprint density at radius 1 is 1.24 bits per heavy atom. The summed E-state index contributed by atoms with van der Waals surface area (Å²) < 4.78 is 2.88. The third-order valence-electron chi connectivity index (χ3n) is 2.52. The maximum atomic E-state index is 4.34. The molecule has 0 atom stereocenters. The van der Waals surface area contributed by atoms with Crippen LogP contribution in [0.4, 0.5) is 0 Å². The standard InChI is InChI=1S/C12H9BrN4/c13-10-4-12-11(15-6-10)7-16-17(12)8-9-2-1-3-14-5-9/h1-7H,8H2. The first-order chi connectivity index (χ1) is 8.33. The fourth-order valence-corrected chi connectivity index (χ4v) is 2.04. The van der Waals surface area contributed by atoms with Crippen molar-refractivity contribution in [3.8, 4) is 0 Å². The molecule has 0 aliphatic heterocycles. The molecule has 0 spiro atoms. The van der Waals surface area contributed by atoms with E-state index in [4.69, 9.17) is 0 Å². The highest BCUT2D eigenvalue weighted by molar-refractivity contribution is 9.10. The number of halogens is 1. The number of hydrogen-bond acceptors (Lipinski definition) is 3. The Labute approximate surface area is 106 Å². The van der Waals surface area contributed by atoms with E-state index in [0.29, 0.717) is 6.54 Å². The highest BCUT2D eigenvalue weighted by Crippen LogP contribution is 2.17. The van der Waals surface area contributed by atoms with Crippen LogP contribution in [0.15, 0.2) is 47.5 Å². The number of hydrogen-bond donors (Lipinski definition) is 0. The van der Waals surface area contributed by atoms with Crippen LogP contribution in [0.5, 0.6) is 0 Å². The summed E-state index contributed by atoms with van der Waals surface area (Å²) in [5, 5.41) is 4.34. The summed E-state index contributed by atoms with van der Waals surface area (Å²) in [5.74, 6) is 0. The van der Waals surface area contributed by atoms with Crippen LogP contribution in [0.3, 0.4) is 0 Å². The molecule has 0 amide bonds. The van der Waals surface area contributed by atoms with Gasteiger partial charge in [0.1, 0.15) is 5.52 Å².